The Morgan fingerprint density at radius 3 is 1.30 bits per heavy atom. The van der Waals surface area contributed by atoms with Crippen molar-refractivity contribution in [2.45, 2.75) is 0 Å². The van der Waals surface area contributed by atoms with Gasteiger partial charge in [0.1, 0.15) is 0 Å². The van der Waals surface area contributed by atoms with Crippen molar-refractivity contribution < 1.29 is 0 Å². The lowest BCUT2D eigenvalue weighted by atomic mass is 9.85. The predicted molar refractivity (Wildman–Crippen MR) is 249 cm³/mol. The highest BCUT2D eigenvalue weighted by molar-refractivity contribution is 7.27. The molecule has 0 amide bonds. The second-order valence-corrected chi connectivity index (χ2v) is 16.2. The van der Waals surface area contributed by atoms with Crippen molar-refractivity contribution in [3.8, 4) is 44.5 Å². The summed E-state index contributed by atoms with van der Waals surface area (Å²) in [5.74, 6) is 0. The second kappa shape index (κ2) is 12.7. The van der Waals surface area contributed by atoms with Gasteiger partial charge < -0.3 is 0 Å². The maximum Gasteiger partial charge on any atom is 0.0440 e. The fourth-order valence-electron chi connectivity index (χ4n) is 9.41. The van der Waals surface area contributed by atoms with Gasteiger partial charge in [0.15, 0.2) is 0 Å². The Balaban J connectivity index is 1.03. The Hall–Kier alpha value is -7.06. The molecule has 0 saturated carbocycles. The highest BCUT2D eigenvalue weighted by Crippen LogP contribution is 2.47. The molecule has 1 heterocycles. The van der Waals surface area contributed by atoms with E-state index in [1.54, 1.807) is 0 Å². The van der Waals surface area contributed by atoms with Gasteiger partial charge in [-0.05, 0) is 123 Å². The van der Waals surface area contributed by atoms with Crippen LogP contribution in [0.3, 0.4) is 0 Å². The molecule has 0 aliphatic carbocycles. The Bertz CT molecular complexity index is 3530. The zero-order valence-corrected chi connectivity index (χ0v) is 31.9. The third-order valence-electron chi connectivity index (χ3n) is 12.0. The zero-order chi connectivity index (χ0) is 37.5. The number of hydrogen-bond donors (Lipinski definition) is 0. The molecule has 11 aromatic carbocycles. The van der Waals surface area contributed by atoms with Gasteiger partial charge in [0.2, 0.25) is 0 Å². The summed E-state index contributed by atoms with van der Waals surface area (Å²) in [6.07, 6.45) is 0. The van der Waals surface area contributed by atoms with E-state index in [1.807, 2.05) is 11.3 Å². The standard InChI is InChI=1S/C56H34S/c1-2-14-36-31-39(28-27-35(36)13-1)37-15-11-17-41(32-37)53-46-22-6-8-24-48(46)54(49-25-9-7-23-47(49)53)42-18-12-16-38(33-42)40-29-30-52-51(34-40)55-45-21-5-3-19-43(45)44-20-4-10-26-50(44)56(55)57-52/h1-34H. The Morgan fingerprint density at radius 2 is 0.684 bits per heavy atom. The van der Waals surface area contributed by atoms with Gasteiger partial charge in [0.05, 0.1) is 0 Å². The van der Waals surface area contributed by atoms with Crippen LogP contribution >= 0.6 is 11.3 Å². The minimum atomic E-state index is 1.22. The molecule has 0 nitrogen and oxygen atoms in total. The number of thiophene rings is 1. The summed E-state index contributed by atoms with van der Waals surface area (Å²) in [5, 5.41) is 15.5. The van der Waals surface area contributed by atoms with Crippen LogP contribution in [0.4, 0.5) is 0 Å². The average molecular weight is 739 g/mol. The van der Waals surface area contributed by atoms with E-state index in [4.69, 9.17) is 0 Å². The van der Waals surface area contributed by atoms with Gasteiger partial charge in [-0.2, -0.15) is 0 Å². The molecule has 0 atom stereocenters. The molecule has 0 aliphatic rings. The van der Waals surface area contributed by atoms with Crippen molar-refractivity contribution in [2.24, 2.45) is 0 Å². The summed E-state index contributed by atoms with van der Waals surface area (Å²) < 4.78 is 2.69. The molecule has 12 rings (SSSR count). The summed E-state index contributed by atoms with van der Waals surface area (Å²) in [7, 11) is 0. The first-order chi connectivity index (χ1) is 28.3. The highest BCUT2D eigenvalue weighted by atomic mass is 32.1. The van der Waals surface area contributed by atoms with Gasteiger partial charge in [-0.15, -0.1) is 11.3 Å². The summed E-state index contributed by atoms with van der Waals surface area (Å²) in [6, 6.07) is 76.4. The topological polar surface area (TPSA) is 0 Å². The van der Waals surface area contributed by atoms with Crippen LogP contribution in [0.15, 0.2) is 206 Å². The molecule has 0 saturated heterocycles. The minimum Gasteiger partial charge on any atom is -0.135 e. The molecule has 264 valence electrons. The molecule has 0 radical (unpaired) electrons. The average Bonchev–Trinajstić information content (AvgIpc) is 3.68. The number of hydrogen-bond acceptors (Lipinski definition) is 1. The Kier molecular flexibility index (Phi) is 7.20. The third-order valence-corrected chi connectivity index (χ3v) is 13.2. The number of fused-ring (bicyclic) bond motifs is 11. The molecule has 1 aromatic heterocycles. The van der Waals surface area contributed by atoms with Crippen molar-refractivity contribution in [1.29, 1.82) is 0 Å². The lowest BCUT2D eigenvalue weighted by Crippen LogP contribution is -1.91. The normalized spacial score (nSPS) is 11.9. The molecule has 0 spiro atoms. The van der Waals surface area contributed by atoms with E-state index < -0.39 is 0 Å². The smallest absolute Gasteiger partial charge is 0.0440 e. The van der Waals surface area contributed by atoms with Crippen LogP contribution in [0, 0.1) is 0 Å². The summed E-state index contributed by atoms with van der Waals surface area (Å²) in [5.41, 5.74) is 9.91. The van der Waals surface area contributed by atoms with Gasteiger partial charge >= 0.3 is 0 Å². The predicted octanol–water partition coefficient (Wildman–Crippen LogP) is 16.5. The lowest BCUT2D eigenvalue weighted by molar-refractivity contribution is 1.62. The van der Waals surface area contributed by atoms with Gasteiger partial charge in [0.25, 0.3) is 0 Å². The first-order valence-electron chi connectivity index (χ1n) is 19.7. The van der Waals surface area contributed by atoms with E-state index in [2.05, 4.69) is 206 Å². The number of rotatable bonds is 4. The fourth-order valence-corrected chi connectivity index (χ4v) is 10.7. The quantitative estimate of drug-likeness (QED) is 0.125. The first-order valence-corrected chi connectivity index (χ1v) is 20.5. The largest absolute Gasteiger partial charge is 0.135 e. The van der Waals surface area contributed by atoms with Crippen molar-refractivity contribution >= 4 is 85.4 Å². The lowest BCUT2D eigenvalue weighted by Gasteiger charge is -2.18. The Morgan fingerprint density at radius 1 is 0.246 bits per heavy atom. The number of benzene rings is 11. The monoisotopic (exact) mass is 738 g/mol. The molecule has 0 bridgehead atoms. The van der Waals surface area contributed by atoms with E-state index in [-0.39, 0.29) is 0 Å². The third kappa shape index (κ3) is 5.06. The van der Waals surface area contributed by atoms with Crippen LogP contribution in [-0.4, -0.2) is 0 Å². The maximum absolute atomic E-state index is 2.43. The molecule has 0 aliphatic heterocycles. The molecule has 0 N–H and O–H groups in total. The first kappa shape index (κ1) is 32.2. The molecule has 0 fully saturated rings. The SMILES string of the molecule is c1cc(-c2ccc3ccccc3c2)cc(-c2c3ccccc3c(-c3cccc(-c4ccc5sc6c7ccccc7c7ccccc7c6c5c4)c3)c3ccccc23)c1. The van der Waals surface area contributed by atoms with Crippen molar-refractivity contribution in [3.63, 3.8) is 0 Å². The van der Waals surface area contributed by atoms with E-state index in [1.165, 1.54) is 119 Å². The van der Waals surface area contributed by atoms with Gasteiger partial charge in [0, 0.05) is 25.6 Å². The van der Waals surface area contributed by atoms with Crippen LogP contribution in [0.5, 0.6) is 0 Å². The molecule has 0 unspecified atom stereocenters. The van der Waals surface area contributed by atoms with Crippen LogP contribution in [-0.2, 0) is 0 Å². The second-order valence-electron chi connectivity index (χ2n) is 15.2. The highest BCUT2D eigenvalue weighted by Gasteiger charge is 2.19. The van der Waals surface area contributed by atoms with E-state index in [9.17, 15) is 0 Å². The van der Waals surface area contributed by atoms with Crippen molar-refractivity contribution in [3.05, 3.63) is 206 Å². The van der Waals surface area contributed by atoms with E-state index in [0.29, 0.717) is 0 Å². The zero-order valence-electron chi connectivity index (χ0n) is 31.0. The van der Waals surface area contributed by atoms with E-state index in [0.717, 1.165) is 0 Å². The summed E-state index contributed by atoms with van der Waals surface area (Å²) >= 11 is 1.91. The Labute approximate surface area is 334 Å². The summed E-state index contributed by atoms with van der Waals surface area (Å²) in [4.78, 5) is 0. The van der Waals surface area contributed by atoms with Crippen molar-refractivity contribution in [1.82, 2.24) is 0 Å². The molecule has 1 heteroatoms. The molecule has 12 aromatic rings. The van der Waals surface area contributed by atoms with Crippen molar-refractivity contribution in [2.75, 3.05) is 0 Å². The maximum atomic E-state index is 2.43. The van der Waals surface area contributed by atoms with Crippen LogP contribution in [0.25, 0.3) is 119 Å². The van der Waals surface area contributed by atoms with Crippen LogP contribution in [0.2, 0.25) is 0 Å². The fraction of sp³-hybridized carbons (Fsp3) is 0. The molecule has 57 heavy (non-hydrogen) atoms. The molecular formula is C56H34S. The van der Waals surface area contributed by atoms with Crippen LogP contribution < -0.4 is 0 Å². The molecular weight excluding hydrogens is 705 g/mol. The van der Waals surface area contributed by atoms with Gasteiger partial charge in [-0.3, -0.25) is 0 Å². The van der Waals surface area contributed by atoms with Gasteiger partial charge in [-0.25, -0.2) is 0 Å². The minimum absolute atomic E-state index is 1.22. The van der Waals surface area contributed by atoms with Gasteiger partial charge in [-0.1, -0.05) is 176 Å². The summed E-state index contributed by atoms with van der Waals surface area (Å²) in [6.45, 7) is 0. The van der Waals surface area contributed by atoms with E-state index >= 15 is 0 Å². The van der Waals surface area contributed by atoms with Crippen LogP contribution in [0.1, 0.15) is 0 Å².